The van der Waals surface area contributed by atoms with Crippen LogP contribution in [0.4, 0.5) is 13.2 Å². The van der Waals surface area contributed by atoms with Gasteiger partial charge in [-0.25, -0.2) is 16.8 Å². The van der Waals surface area contributed by atoms with E-state index < -0.39 is 49.9 Å². The molecule has 118 valence electrons. The van der Waals surface area contributed by atoms with Gasteiger partial charge in [0.15, 0.2) is 10.0 Å². The molecule has 0 saturated carbocycles. The molecule has 0 radical (unpaired) electrons. The van der Waals surface area contributed by atoms with E-state index in [0.717, 1.165) is 0 Å². The first kappa shape index (κ1) is 17.1. The molecular formula is C7H9F3NO7S2-. The average molecular weight is 340 g/mol. The van der Waals surface area contributed by atoms with E-state index in [1.54, 1.807) is 4.13 Å². The molecule has 13 heteroatoms. The quantitative estimate of drug-likeness (QED) is 0.681. The lowest BCUT2D eigenvalue weighted by Gasteiger charge is -2.26. The highest BCUT2D eigenvalue weighted by atomic mass is 32.3. The van der Waals surface area contributed by atoms with Crippen molar-refractivity contribution in [3.63, 3.8) is 0 Å². The second-order valence-electron chi connectivity index (χ2n) is 4.33. The normalized spacial score (nSPS) is 23.6. The number of hydrogen-bond donors (Lipinski definition) is 0. The zero-order chi connectivity index (χ0) is 16.0. The van der Waals surface area contributed by atoms with E-state index in [2.05, 4.69) is 8.92 Å². The van der Waals surface area contributed by atoms with Crippen LogP contribution in [0.2, 0.25) is 0 Å². The van der Waals surface area contributed by atoms with E-state index in [9.17, 15) is 34.8 Å². The Morgan fingerprint density at radius 2 is 1.80 bits per heavy atom. The maximum Gasteiger partial charge on any atom is 0.480 e. The molecule has 0 spiro atoms. The fourth-order valence-electron chi connectivity index (χ4n) is 1.15. The number of nitrogens with zero attached hydrogens (tertiary/aromatic N) is 1. The number of carbonyl (C=O) groups is 1. The number of carbonyl (C=O) groups excluding carboxylic acids is 1. The molecule has 0 aromatic heterocycles. The third-order valence-corrected chi connectivity index (χ3v) is 4.99. The molecule has 1 unspecified atom stereocenters. The zero-order valence-electron chi connectivity index (χ0n) is 10.0. The maximum absolute atomic E-state index is 12.0. The summed E-state index contributed by atoms with van der Waals surface area (Å²) in [5.41, 5.74) is -7.34. The minimum absolute atomic E-state index is 0.549. The Labute approximate surface area is 112 Å². The smallest absolute Gasteiger partial charge is 0.462 e. The van der Waals surface area contributed by atoms with Gasteiger partial charge in [-0.2, -0.15) is 13.2 Å². The molecule has 1 aliphatic heterocycles. The average Bonchev–Trinajstić information content (AvgIpc) is 2.41. The highest BCUT2D eigenvalue weighted by Gasteiger charge is 2.48. The largest absolute Gasteiger partial charge is 0.480 e. The second-order valence-corrected chi connectivity index (χ2v) is 7.39. The van der Waals surface area contributed by atoms with Crippen LogP contribution in [0.1, 0.15) is 13.8 Å². The van der Waals surface area contributed by atoms with Gasteiger partial charge in [-0.15, -0.1) is 0 Å². The Hall–Kier alpha value is -0.920. The summed E-state index contributed by atoms with van der Waals surface area (Å²) in [7, 11) is -11.7. The lowest BCUT2D eigenvalue weighted by atomic mass is 9.89. The van der Waals surface area contributed by atoms with Gasteiger partial charge in [0.1, 0.15) is 12.7 Å². The van der Waals surface area contributed by atoms with Crippen LogP contribution in [0.15, 0.2) is 0 Å². The number of cyclic esters (lactones) is 1. The first-order chi connectivity index (χ1) is 8.69. The van der Waals surface area contributed by atoms with Gasteiger partial charge in [0.05, 0.1) is 5.41 Å². The van der Waals surface area contributed by atoms with Crippen LogP contribution in [-0.2, 0) is 34.0 Å². The third-order valence-electron chi connectivity index (χ3n) is 2.42. The van der Waals surface area contributed by atoms with E-state index in [-0.39, 0.29) is 0 Å². The number of alkyl halides is 3. The Kier molecular flexibility index (Phi) is 4.13. The van der Waals surface area contributed by atoms with E-state index in [1.807, 2.05) is 0 Å². The van der Waals surface area contributed by atoms with Crippen molar-refractivity contribution in [2.24, 2.45) is 5.41 Å². The van der Waals surface area contributed by atoms with Crippen molar-refractivity contribution >= 4 is 26.3 Å². The number of ether oxygens (including phenoxy) is 1. The third kappa shape index (κ3) is 3.39. The van der Waals surface area contributed by atoms with E-state index in [4.69, 9.17) is 0 Å². The molecule has 0 aliphatic carbocycles. The predicted molar refractivity (Wildman–Crippen MR) is 56.9 cm³/mol. The molecule has 20 heavy (non-hydrogen) atoms. The molecule has 1 fully saturated rings. The first-order valence-corrected chi connectivity index (χ1v) is 7.65. The number of hydrogen-bond acceptors (Lipinski definition) is 7. The molecule has 1 rings (SSSR count). The van der Waals surface area contributed by atoms with Gasteiger partial charge in [0.25, 0.3) is 0 Å². The summed E-state index contributed by atoms with van der Waals surface area (Å²) in [5.74, 6) is -0.837. The highest BCUT2D eigenvalue weighted by molar-refractivity contribution is 8.10. The molecule has 1 saturated heterocycles. The summed E-state index contributed by atoms with van der Waals surface area (Å²) in [4.78, 5) is 11.2. The van der Waals surface area contributed by atoms with Crippen LogP contribution in [0, 0.1) is 5.41 Å². The van der Waals surface area contributed by atoms with E-state index in [1.165, 1.54) is 13.8 Å². The van der Waals surface area contributed by atoms with E-state index in [0.29, 0.717) is 0 Å². The molecule has 1 heterocycles. The van der Waals surface area contributed by atoms with Crippen LogP contribution in [0.5, 0.6) is 0 Å². The first-order valence-electron chi connectivity index (χ1n) is 4.85. The lowest BCUT2D eigenvalue weighted by Crippen LogP contribution is -2.35. The molecule has 0 aromatic carbocycles. The molecule has 1 atom stereocenters. The van der Waals surface area contributed by atoms with Crippen LogP contribution >= 0.6 is 0 Å². The van der Waals surface area contributed by atoms with Crippen LogP contribution < -0.4 is 0 Å². The van der Waals surface area contributed by atoms with Crippen LogP contribution in [0.25, 0.3) is 4.13 Å². The number of rotatable bonds is 4. The van der Waals surface area contributed by atoms with Crippen LogP contribution in [-0.4, -0.2) is 41.0 Å². The number of halogens is 3. The zero-order valence-corrected chi connectivity index (χ0v) is 11.7. The van der Waals surface area contributed by atoms with Crippen molar-refractivity contribution in [1.82, 2.24) is 0 Å². The Morgan fingerprint density at radius 1 is 1.30 bits per heavy atom. The molecule has 1 aliphatic rings. The van der Waals surface area contributed by atoms with Crippen molar-refractivity contribution in [1.29, 1.82) is 0 Å². The van der Waals surface area contributed by atoms with Crippen molar-refractivity contribution < 1.29 is 43.7 Å². The highest BCUT2D eigenvalue weighted by Crippen LogP contribution is 2.35. The van der Waals surface area contributed by atoms with E-state index >= 15 is 0 Å². The minimum Gasteiger partial charge on any atom is -0.462 e. The monoisotopic (exact) mass is 340 g/mol. The maximum atomic E-state index is 12.0. The summed E-state index contributed by atoms with van der Waals surface area (Å²) in [5, 5.41) is 0. The SMILES string of the molecule is CC1(C)C(=O)OCC1OS(=O)(=O)[N-]S(=O)(=O)C(F)(F)F. The topological polar surface area (TPSA) is 118 Å². The Balaban J connectivity index is 2.91. The molecule has 0 amide bonds. The fourth-order valence-corrected chi connectivity index (χ4v) is 3.18. The predicted octanol–water partition coefficient (Wildman–Crippen LogP) is 0.423. The summed E-state index contributed by atoms with van der Waals surface area (Å²) >= 11 is 0. The molecule has 0 bridgehead atoms. The Bertz CT molecular complexity index is 607. The van der Waals surface area contributed by atoms with Gasteiger partial charge in [0, 0.05) is 0 Å². The molecule has 8 nitrogen and oxygen atoms in total. The van der Waals surface area contributed by atoms with Gasteiger partial charge in [-0.3, -0.25) is 8.98 Å². The van der Waals surface area contributed by atoms with Gasteiger partial charge in [-0.1, -0.05) is 0 Å². The summed E-state index contributed by atoms with van der Waals surface area (Å²) < 4.78 is 90.1. The standard InChI is InChI=1S/C7H9F3NO7S2/c1-6(2)4(3-17-5(6)12)18-20(15,16)11-19(13,14)7(8,9)10/h4H,3H2,1-2H3/q-1. The molecule has 0 N–H and O–H groups in total. The van der Waals surface area contributed by atoms with Gasteiger partial charge >= 0.3 is 11.5 Å². The summed E-state index contributed by atoms with van der Waals surface area (Å²) in [6, 6.07) is 0. The number of sulfonamides is 1. The summed E-state index contributed by atoms with van der Waals surface area (Å²) in [6.45, 7) is 1.90. The van der Waals surface area contributed by atoms with Crippen molar-refractivity contribution in [3.8, 4) is 0 Å². The fraction of sp³-hybridized carbons (Fsp3) is 0.857. The Morgan fingerprint density at radius 3 is 2.15 bits per heavy atom. The van der Waals surface area contributed by atoms with Gasteiger partial charge in [0.2, 0.25) is 10.3 Å². The number of esters is 1. The minimum atomic E-state index is -6.26. The molecular weight excluding hydrogens is 331 g/mol. The molecule has 0 aromatic rings. The van der Waals surface area contributed by atoms with Crippen molar-refractivity contribution in [2.75, 3.05) is 6.61 Å². The van der Waals surface area contributed by atoms with Crippen molar-refractivity contribution in [3.05, 3.63) is 4.13 Å². The van der Waals surface area contributed by atoms with Gasteiger partial charge < -0.3 is 8.86 Å². The second kappa shape index (κ2) is 4.82. The lowest BCUT2D eigenvalue weighted by molar-refractivity contribution is -0.145. The van der Waals surface area contributed by atoms with Crippen molar-refractivity contribution in [2.45, 2.75) is 25.5 Å². The van der Waals surface area contributed by atoms with Gasteiger partial charge in [-0.05, 0) is 13.8 Å². The van der Waals surface area contributed by atoms with Crippen LogP contribution in [0.3, 0.4) is 0 Å². The summed E-state index contributed by atoms with van der Waals surface area (Å²) in [6.07, 6.45) is -1.48.